The van der Waals surface area contributed by atoms with Crippen molar-refractivity contribution in [3.8, 4) is 0 Å². The SMILES string of the molecule is CCC1CCCCN1C(=O)NCCc1ccccc1Br. The molecule has 0 bridgehead atoms. The fourth-order valence-corrected chi connectivity index (χ4v) is 3.28. The summed E-state index contributed by atoms with van der Waals surface area (Å²) in [5.41, 5.74) is 1.23. The summed E-state index contributed by atoms with van der Waals surface area (Å²) in [4.78, 5) is 14.3. The molecule has 1 aliphatic rings. The van der Waals surface area contributed by atoms with Crippen molar-refractivity contribution >= 4 is 22.0 Å². The minimum atomic E-state index is 0.101. The number of nitrogens with zero attached hydrogens (tertiary/aromatic N) is 1. The molecule has 1 aliphatic heterocycles. The summed E-state index contributed by atoms with van der Waals surface area (Å²) in [7, 11) is 0. The third-order valence-electron chi connectivity index (χ3n) is 3.99. The third kappa shape index (κ3) is 3.98. The quantitative estimate of drug-likeness (QED) is 0.885. The molecule has 1 aromatic carbocycles. The van der Waals surface area contributed by atoms with Crippen molar-refractivity contribution in [2.24, 2.45) is 0 Å². The first kappa shape index (κ1) is 15.4. The number of hydrogen-bond acceptors (Lipinski definition) is 1. The number of piperidine rings is 1. The lowest BCUT2D eigenvalue weighted by molar-refractivity contribution is 0.149. The van der Waals surface area contributed by atoms with Crippen LogP contribution in [0.2, 0.25) is 0 Å². The van der Waals surface area contributed by atoms with Gasteiger partial charge in [-0.3, -0.25) is 0 Å². The average Bonchev–Trinajstić information content (AvgIpc) is 2.49. The molecule has 1 N–H and O–H groups in total. The van der Waals surface area contributed by atoms with E-state index in [0.29, 0.717) is 12.6 Å². The first-order chi connectivity index (χ1) is 9.72. The molecule has 1 saturated heterocycles. The van der Waals surface area contributed by atoms with Crippen molar-refractivity contribution in [2.45, 2.75) is 45.1 Å². The van der Waals surface area contributed by atoms with E-state index in [4.69, 9.17) is 0 Å². The van der Waals surface area contributed by atoms with E-state index in [0.717, 1.165) is 36.7 Å². The molecular formula is C16H23BrN2O. The predicted octanol–water partition coefficient (Wildman–Crippen LogP) is 3.97. The Morgan fingerprint density at radius 2 is 2.20 bits per heavy atom. The number of carbonyl (C=O) groups excluding carboxylic acids is 1. The van der Waals surface area contributed by atoms with Gasteiger partial charge in [0.15, 0.2) is 0 Å². The summed E-state index contributed by atoms with van der Waals surface area (Å²) in [5.74, 6) is 0. The van der Waals surface area contributed by atoms with Crippen LogP contribution in [-0.2, 0) is 6.42 Å². The zero-order chi connectivity index (χ0) is 14.4. The maximum absolute atomic E-state index is 12.2. The molecule has 20 heavy (non-hydrogen) atoms. The predicted molar refractivity (Wildman–Crippen MR) is 85.9 cm³/mol. The molecule has 3 nitrogen and oxygen atoms in total. The van der Waals surface area contributed by atoms with Crippen molar-refractivity contribution in [3.05, 3.63) is 34.3 Å². The van der Waals surface area contributed by atoms with E-state index in [1.165, 1.54) is 12.0 Å². The molecule has 0 aromatic heterocycles. The Balaban J connectivity index is 1.81. The van der Waals surface area contributed by atoms with Crippen LogP contribution in [0.15, 0.2) is 28.7 Å². The number of urea groups is 1. The maximum Gasteiger partial charge on any atom is 0.317 e. The van der Waals surface area contributed by atoms with Gasteiger partial charge < -0.3 is 10.2 Å². The van der Waals surface area contributed by atoms with E-state index in [1.54, 1.807) is 0 Å². The van der Waals surface area contributed by atoms with Crippen LogP contribution in [0.5, 0.6) is 0 Å². The van der Waals surface area contributed by atoms with Gasteiger partial charge in [-0.05, 0) is 43.7 Å². The van der Waals surface area contributed by atoms with Crippen molar-refractivity contribution < 1.29 is 4.79 Å². The molecule has 0 radical (unpaired) electrons. The number of carbonyl (C=O) groups is 1. The molecule has 1 aromatic rings. The molecule has 1 unspecified atom stereocenters. The number of nitrogens with one attached hydrogen (secondary N) is 1. The van der Waals surface area contributed by atoms with Crippen LogP contribution >= 0.6 is 15.9 Å². The van der Waals surface area contributed by atoms with Crippen LogP contribution in [0.3, 0.4) is 0 Å². The third-order valence-corrected chi connectivity index (χ3v) is 4.76. The van der Waals surface area contributed by atoms with Crippen LogP contribution in [0.25, 0.3) is 0 Å². The van der Waals surface area contributed by atoms with Gasteiger partial charge in [-0.2, -0.15) is 0 Å². The molecule has 4 heteroatoms. The lowest BCUT2D eigenvalue weighted by Gasteiger charge is -2.35. The van der Waals surface area contributed by atoms with Crippen LogP contribution in [0.4, 0.5) is 4.79 Å². The highest BCUT2D eigenvalue weighted by atomic mass is 79.9. The van der Waals surface area contributed by atoms with Crippen molar-refractivity contribution in [2.75, 3.05) is 13.1 Å². The summed E-state index contributed by atoms with van der Waals surface area (Å²) >= 11 is 3.54. The first-order valence-electron chi connectivity index (χ1n) is 7.50. The van der Waals surface area contributed by atoms with E-state index < -0.39 is 0 Å². The number of amides is 2. The van der Waals surface area contributed by atoms with Gasteiger partial charge >= 0.3 is 6.03 Å². The van der Waals surface area contributed by atoms with Crippen LogP contribution in [-0.4, -0.2) is 30.1 Å². The molecule has 110 valence electrons. The highest BCUT2D eigenvalue weighted by molar-refractivity contribution is 9.10. The summed E-state index contributed by atoms with van der Waals surface area (Å²) < 4.78 is 1.11. The molecule has 0 aliphatic carbocycles. The van der Waals surface area contributed by atoms with Crippen molar-refractivity contribution in [3.63, 3.8) is 0 Å². The smallest absolute Gasteiger partial charge is 0.317 e. The Labute approximate surface area is 129 Å². The van der Waals surface area contributed by atoms with Gasteiger partial charge in [0.1, 0.15) is 0 Å². The lowest BCUT2D eigenvalue weighted by atomic mass is 10.0. The van der Waals surface area contributed by atoms with Crippen molar-refractivity contribution in [1.29, 1.82) is 0 Å². The topological polar surface area (TPSA) is 32.3 Å². The average molecular weight is 339 g/mol. The van der Waals surface area contributed by atoms with E-state index in [1.807, 2.05) is 23.1 Å². The van der Waals surface area contributed by atoms with Gasteiger partial charge in [0.25, 0.3) is 0 Å². The minimum absolute atomic E-state index is 0.101. The Hall–Kier alpha value is -1.03. The number of hydrogen-bond donors (Lipinski definition) is 1. The number of benzene rings is 1. The summed E-state index contributed by atoms with van der Waals surface area (Å²) in [6, 6.07) is 8.68. The van der Waals surface area contributed by atoms with E-state index >= 15 is 0 Å². The second-order valence-electron chi connectivity index (χ2n) is 5.32. The lowest BCUT2D eigenvalue weighted by Crippen LogP contribution is -2.48. The maximum atomic E-state index is 12.2. The molecule has 0 spiro atoms. The second kappa shape index (κ2) is 7.67. The summed E-state index contributed by atoms with van der Waals surface area (Å²) in [6.45, 7) is 3.76. The van der Waals surface area contributed by atoms with Gasteiger partial charge in [0.05, 0.1) is 0 Å². The van der Waals surface area contributed by atoms with Gasteiger partial charge in [-0.1, -0.05) is 41.1 Å². The molecule has 0 saturated carbocycles. The molecule has 1 heterocycles. The van der Waals surface area contributed by atoms with Crippen molar-refractivity contribution in [1.82, 2.24) is 10.2 Å². The molecular weight excluding hydrogens is 316 g/mol. The summed E-state index contributed by atoms with van der Waals surface area (Å²) in [6.07, 6.45) is 5.44. The Morgan fingerprint density at radius 3 is 2.95 bits per heavy atom. The van der Waals surface area contributed by atoms with Gasteiger partial charge in [-0.15, -0.1) is 0 Å². The minimum Gasteiger partial charge on any atom is -0.338 e. The first-order valence-corrected chi connectivity index (χ1v) is 8.29. The number of rotatable bonds is 4. The molecule has 1 atom stereocenters. The van der Waals surface area contributed by atoms with Crippen LogP contribution in [0.1, 0.15) is 38.2 Å². The highest BCUT2D eigenvalue weighted by Crippen LogP contribution is 2.19. The normalized spacial score (nSPS) is 18.9. The van der Waals surface area contributed by atoms with Crippen LogP contribution in [0, 0.1) is 0 Å². The van der Waals surface area contributed by atoms with Gasteiger partial charge in [-0.25, -0.2) is 4.79 Å². The zero-order valence-electron chi connectivity index (χ0n) is 12.1. The number of likely N-dealkylation sites (tertiary alicyclic amines) is 1. The van der Waals surface area contributed by atoms with Gasteiger partial charge in [0.2, 0.25) is 0 Å². The number of halogens is 1. The fourth-order valence-electron chi connectivity index (χ4n) is 2.80. The van der Waals surface area contributed by atoms with E-state index in [-0.39, 0.29) is 6.03 Å². The monoisotopic (exact) mass is 338 g/mol. The van der Waals surface area contributed by atoms with E-state index in [2.05, 4.69) is 34.2 Å². The molecule has 2 rings (SSSR count). The Morgan fingerprint density at radius 1 is 1.40 bits per heavy atom. The second-order valence-corrected chi connectivity index (χ2v) is 6.18. The largest absolute Gasteiger partial charge is 0.338 e. The van der Waals surface area contributed by atoms with Crippen LogP contribution < -0.4 is 5.32 Å². The standard InChI is InChI=1S/C16H23BrN2O/c1-2-14-8-5-6-12-19(14)16(20)18-11-10-13-7-3-4-9-15(13)17/h3-4,7,9,14H,2,5-6,8,10-12H2,1H3,(H,18,20). The van der Waals surface area contributed by atoms with E-state index in [9.17, 15) is 4.79 Å². The molecule has 1 fully saturated rings. The Bertz CT molecular complexity index is 450. The highest BCUT2D eigenvalue weighted by Gasteiger charge is 2.24. The summed E-state index contributed by atoms with van der Waals surface area (Å²) in [5, 5.41) is 3.06. The zero-order valence-corrected chi connectivity index (χ0v) is 13.7. The fraction of sp³-hybridized carbons (Fsp3) is 0.562. The van der Waals surface area contributed by atoms with Gasteiger partial charge in [0, 0.05) is 23.6 Å². The molecule has 2 amide bonds. The Kier molecular flexibility index (Phi) is 5.89.